The van der Waals surface area contributed by atoms with Gasteiger partial charge in [0.15, 0.2) is 0 Å². The summed E-state index contributed by atoms with van der Waals surface area (Å²) in [5.41, 5.74) is 2.66. The third-order valence-electron chi connectivity index (χ3n) is 4.96. The summed E-state index contributed by atoms with van der Waals surface area (Å²) in [7, 11) is 0. The first-order chi connectivity index (χ1) is 15.1. The molecule has 0 bridgehead atoms. The molecule has 4 rings (SSSR count). The van der Waals surface area contributed by atoms with E-state index < -0.39 is 0 Å². The van der Waals surface area contributed by atoms with Crippen LogP contribution in [0.4, 0.5) is 0 Å². The number of benzene rings is 2. The number of ether oxygens (including phenoxy) is 2. The number of aromatic nitrogens is 3. The Balaban J connectivity index is 1.42. The van der Waals surface area contributed by atoms with Crippen LogP contribution in [0.5, 0.6) is 5.75 Å². The molecule has 0 aliphatic rings. The molecule has 0 aliphatic carbocycles. The van der Waals surface area contributed by atoms with E-state index in [4.69, 9.17) is 13.9 Å². The van der Waals surface area contributed by atoms with Crippen LogP contribution in [0.3, 0.4) is 0 Å². The summed E-state index contributed by atoms with van der Waals surface area (Å²) in [6, 6.07) is 15.7. The quantitative estimate of drug-likeness (QED) is 0.358. The Kier molecular flexibility index (Phi) is 6.31. The predicted molar refractivity (Wildman–Crippen MR) is 117 cm³/mol. The van der Waals surface area contributed by atoms with Gasteiger partial charge in [-0.2, -0.15) is 5.10 Å². The number of esters is 1. The highest BCUT2D eigenvalue weighted by Crippen LogP contribution is 2.25. The summed E-state index contributed by atoms with van der Waals surface area (Å²) in [6.45, 7) is 5.05. The van der Waals surface area contributed by atoms with Crippen LogP contribution in [0.2, 0.25) is 0 Å². The molecule has 0 aliphatic heterocycles. The molecule has 2 aromatic heterocycles. The van der Waals surface area contributed by atoms with Crippen molar-refractivity contribution in [3.05, 3.63) is 66.2 Å². The molecule has 0 fully saturated rings. The molecule has 0 atom stereocenters. The van der Waals surface area contributed by atoms with Crippen LogP contribution < -0.4 is 4.74 Å². The fraction of sp³-hybridized carbons (Fsp3) is 0.292. The molecule has 0 saturated heterocycles. The molecule has 31 heavy (non-hydrogen) atoms. The molecule has 0 N–H and O–H groups in total. The van der Waals surface area contributed by atoms with Gasteiger partial charge in [0.2, 0.25) is 5.89 Å². The van der Waals surface area contributed by atoms with E-state index in [1.807, 2.05) is 73.3 Å². The van der Waals surface area contributed by atoms with Crippen molar-refractivity contribution < 1.29 is 18.7 Å². The third kappa shape index (κ3) is 4.94. The van der Waals surface area contributed by atoms with Crippen molar-refractivity contribution in [3.8, 4) is 17.2 Å². The van der Waals surface area contributed by atoms with Gasteiger partial charge in [0.1, 0.15) is 23.8 Å². The molecule has 7 heteroatoms. The topological polar surface area (TPSA) is 79.4 Å². The molecule has 7 nitrogen and oxygen atoms in total. The predicted octanol–water partition coefficient (Wildman–Crippen LogP) is 4.92. The van der Waals surface area contributed by atoms with Crippen molar-refractivity contribution in [1.29, 1.82) is 0 Å². The van der Waals surface area contributed by atoms with E-state index in [9.17, 15) is 4.79 Å². The second-order valence-corrected chi connectivity index (χ2v) is 7.17. The maximum Gasteiger partial charge on any atom is 0.305 e. The van der Waals surface area contributed by atoms with Crippen molar-refractivity contribution in [2.75, 3.05) is 6.61 Å². The number of rotatable bonds is 9. The number of hydrogen-bond donors (Lipinski definition) is 0. The molecule has 2 heterocycles. The first-order valence-corrected chi connectivity index (χ1v) is 10.4. The van der Waals surface area contributed by atoms with Gasteiger partial charge < -0.3 is 13.9 Å². The SMILES string of the molecule is CCOC(=O)CCCn1ncc2ccc(OCc3nc(-c4ccccc4)oc3C)cc21. The van der Waals surface area contributed by atoms with E-state index in [0.29, 0.717) is 38.5 Å². The lowest BCUT2D eigenvalue weighted by atomic mass is 10.2. The summed E-state index contributed by atoms with van der Waals surface area (Å²) >= 11 is 0. The fourth-order valence-corrected chi connectivity index (χ4v) is 3.34. The standard InChI is InChI=1S/C24H25N3O4/c1-3-29-23(28)10-7-13-27-22-14-20(12-11-19(22)15-25-27)30-16-21-17(2)31-24(26-21)18-8-5-4-6-9-18/h4-6,8-9,11-12,14-15H,3,7,10,13,16H2,1-2H3. The fourth-order valence-electron chi connectivity index (χ4n) is 3.34. The smallest absolute Gasteiger partial charge is 0.305 e. The first kappa shape index (κ1) is 20.7. The monoisotopic (exact) mass is 419 g/mol. The number of carbonyl (C=O) groups is 1. The van der Waals surface area contributed by atoms with Crippen molar-refractivity contribution in [3.63, 3.8) is 0 Å². The Labute approximate surface area is 180 Å². The van der Waals surface area contributed by atoms with E-state index in [-0.39, 0.29) is 5.97 Å². The van der Waals surface area contributed by atoms with Gasteiger partial charge in [0.05, 0.1) is 18.3 Å². The van der Waals surface area contributed by atoms with Gasteiger partial charge in [0.25, 0.3) is 0 Å². The zero-order chi connectivity index (χ0) is 21.6. The summed E-state index contributed by atoms with van der Waals surface area (Å²) in [6.07, 6.45) is 2.86. The van der Waals surface area contributed by atoms with E-state index in [0.717, 1.165) is 33.7 Å². The molecular weight excluding hydrogens is 394 g/mol. The highest BCUT2D eigenvalue weighted by Gasteiger charge is 2.12. The van der Waals surface area contributed by atoms with Gasteiger partial charge in [-0.25, -0.2) is 4.98 Å². The minimum atomic E-state index is -0.180. The minimum Gasteiger partial charge on any atom is -0.487 e. The van der Waals surface area contributed by atoms with Crippen LogP contribution in [-0.2, 0) is 22.7 Å². The normalized spacial score (nSPS) is 11.0. The Morgan fingerprint density at radius 2 is 2.00 bits per heavy atom. The maximum absolute atomic E-state index is 11.5. The number of oxazole rings is 1. The number of nitrogens with zero attached hydrogens (tertiary/aromatic N) is 3. The highest BCUT2D eigenvalue weighted by molar-refractivity contribution is 5.80. The van der Waals surface area contributed by atoms with Crippen molar-refractivity contribution in [1.82, 2.24) is 14.8 Å². The van der Waals surface area contributed by atoms with Crippen LogP contribution in [0.1, 0.15) is 31.2 Å². The zero-order valence-electron chi connectivity index (χ0n) is 17.7. The molecule has 0 amide bonds. The maximum atomic E-state index is 11.5. The number of hydrogen-bond acceptors (Lipinski definition) is 6. The molecule has 2 aromatic carbocycles. The van der Waals surface area contributed by atoms with Gasteiger partial charge in [-0.15, -0.1) is 0 Å². The molecule has 0 spiro atoms. The van der Waals surface area contributed by atoms with Gasteiger partial charge in [-0.1, -0.05) is 18.2 Å². The van der Waals surface area contributed by atoms with Gasteiger partial charge in [-0.3, -0.25) is 9.48 Å². The average molecular weight is 419 g/mol. The Morgan fingerprint density at radius 3 is 2.81 bits per heavy atom. The largest absolute Gasteiger partial charge is 0.487 e. The summed E-state index contributed by atoms with van der Waals surface area (Å²) < 4.78 is 18.7. The van der Waals surface area contributed by atoms with E-state index in [1.165, 1.54) is 0 Å². The van der Waals surface area contributed by atoms with E-state index in [2.05, 4.69) is 10.1 Å². The molecule has 160 valence electrons. The van der Waals surface area contributed by atoms with E-state index >= 15 is 0 Å². The summed E-state index contributed by atoms with van der Waals surface area (Å²) in [5.74, 6) is 1.87. The van der Waals surface area contributed by atoms with Gasteiger partial charge in [-0.05, 0) is 44.5 Å². The molecule has 0 radical (unpaired) electrons. The lowest BCUT2D eigenvalue weighted by Crippen LogP contribution is -2.07. The Hall–Kier alpha value is -3.61. The van der Waals surface area contributed by atoms with Crippen molar-refractivity contribution in [2.45, 2.75) is 39.8 Å². The molecule has 0 unspecified atom stereocenters. The van der Waals surface area contributed by atoms with Crippen LogP contribution in [0, 0.1) is 6.92 Å². The number of fused-ring (bicyclic) bond motifs is 1. The van der Waals surface area contributed by atoms with Crippen molar-refractivity contribution >= 4 is 16.9 Å². The lowest BCUT2D eigenvalue weighted by Gasteiger charge is -2.07. The van der Waals surface area contributed by atoms with Crippen molar-refractivity contribution in [2.24, 2.45) is 0 Å². The molecule has 4 aromatic rings. The minimum absolute atomic E-state index is 0.180. The second-order valence-electron chi connectivity index (χ2n) is 7.17. The Morgan fingerprint density at radius 1 is 1.16 bits per heavy atom. The summed E-state index contributed by atoms with van der Waals surface area (Å²) in [4.78, 5) is 16.1. The number of carbonyl (C=O) groups excluding carboxylic acids is 1. The van der Waals surface area contributed by atoms with Crippen LogP contribution >= 0.6 is 0 Å². The third-order valence-corrected chi connectivity index (χ3v) is 4.96. The summed E-state index contributed by atoms with van der Waals surface area (Å²) in [5, 5.41) is 5.45. The van der Waals surface area contributed by atoms with Crippen LogP contribution in [0.25, 0.3) is 22.4 Å². The Bertz CT molecular complexity index is 1160. The number of aryl methyl sites for hydroxylation is 2. The van der Waals surface area contributed by atoms with Gasteiger partial charge >= 0.3 is 5.97 Å². The molecular formula is C24H25N3O4. The highest BCUT2D eigenvalue weighted by atomic mass is 16.5. The van der Waals surface area contributed by atoms with Crippen LogP contribution in [-0.4, -0.2) is 27.3 Å². The zero-order valence-corrected chi connectivity index (χ0v) is 17.7. The lowest BCUT2D eigenvalue weighted by molar-refractivity contribution is -0.143. The average Bonchev–Trinajstić information content (AvgIpc) is 3.36. The van der Waals surface area contributed by atoms with Gasteiger partial charge in [0, 0.05) is 30.0 Å². The van der Waals surface area contributed by atoms with Crippen LogP contribution in [0.15, 0.2) is 59.1 Å². The molecule has 0 saturated carbocycles. The van der Waals surface area contributed by atoms with E-state index in [1.54, 1.807) is 0 Å². The first-order valence-electron chi connectivity index (χ1n) is 10.4. The second kappa shape index (κ2) is 9.47.